The van der Waals surface area contributed by atoms with Gasteiger partial charge in [0.05, 0.1) is 12.7 Å². The third-order valence-electron chi connectivity index (χ3n) is 3.57. The third-order valence-corrected chi connectivity index (χ3v) is 3.57. The van der Waals surface area contributed by atoms with Crippen LogP contribution in [-0.4, -0.2) is 23.9 Å². The maximum atomic E-state index is 5.87. The van der Waals surface area contributed by atoms with E-state index in [9.17, 15) is 0 Å². The first-order valence-electron chi connectivity index (χ1n) is 7.20. The topological polar surface area (TPSA) is 66.6 Å². The molecule has 2 heterocycles. The first kappa shape index (κ1) is 13.6. The van der Waals surface area contributed by atoms with Gasteiger partial charge in [-0.2, -0.15) is 4.98 Å². The summed E-state index contributed by atoms with van der Waals surface area (Å²) in [5, 5.41) is 4.02. The lowest BCUT2D eigenvalue weighted by Gasteiger charge is -2.23. The second-order valence-electron chi connectivity index (χ2n) is 5.02. The summed E-state index contributed by atoms with van der Waals surface area (Å²) < 4.78 is 22.2. The number of aromatic nitrogens is 2. The number of para-hydroxylation sites is 3. The summed E-state index contributed by atoms with van der Waals surface area (Å²) in [6.45, 7) is 0.324. The predicted molar refractivity (Wildman–Crippen MR) is 81.6 cm³/mol. The average molecular weight is 310 g/mol. The quantitative estimate of drug-likeness (QED) is 0.740. The van der Waals surface area contributed by atoms with E-state index in [0.717, 1.165) is 5.56 Å². The molecule has 1 aliphatic heterocycles. The van der Waals surface area contributed by atoms with Crippen LogP contribution in [0.5, 0.6) is 17.2 Å². The van der Waals surface area contributed by atoms with Crippen LogP contribution in [0.15, 0.2) is 53.1 Å². The van der Waals surface area contributed by atoms with Gasteiger partial charge in [-0.1, -0.05) is 29.4 Å². The maximum Gasteiger partial charge on any atom is 0.271 e. The average Bonchev–Trinajstić information content (AvgIpc) is 3.11. The van der Waals surface area contributed by atoms with E-state index < -0.39 is 6.10 Å². The van der Waals surface area contributed by atoms with Gasteiger partial charge in [-0.3, -0.25) is 0 Å². The van der Waals surface area contributed by atoms with Crippen LogP contribution in [0, 0.1) is 0 Å². The van der Waals surface area contributed by atoms with Crippen molar-refractivity contribution in [3.05, 3.63) is 54.4 Å². The second-order valence-corrected chi connectivity index (χ2v) is 5.02. The summed E-state index contributed by atoms with van der Waals surface area (Å²) in [6, 6.07) is 15.0. The molecule has 2 aromatic carbocycles. The molecular weight excluding hydrogens is 296 g/mol. The van der Waals surface area contributed by atoms with Gasteiger partial charge in [-0.25, -0.2) is 0 Å². The van der Waals surface area contributed by atoms with Crippen LogP contribution in [0.25, 0.3) is 11.4 Å². The van der Waals surface area contributed by atoms with Gasteiger partial charge in [-0.05, 0) is 24.3 Å². The molecule has 6 heteroatoms. The molecule has 3 aromatic rings. The Bertz CT molecular complexity index is 831. The molecule has 116 valence electrons. The van der Waals surface area contributed by atoms with E-state index in [0.29, 0.717) is 35.6 Å². The van der Waals surface area contributed by atoms with Crippen LogP contribution in [0.2, 0.25) is 0 Å². The molecule has 1 aliphatic rings. The molecule has 4 rings (SSSR count). The first-order chi connectivity index (χ1) is 11.3. The number of nitrogens with zero attached hydrogens (tertiary/aromatic N) is 2. The highest BCUT2D eigenvalue weighted by molar-refractivity contribution is 5.63. The molecule has 0 N–H and O–H groups in total. The number of methoxy groups -OCH3 is 1. The van der Waals surface area contributed by atoms with Crippen LogP contribution in [0.3, 0.4) is 0 Å². The Morgan fingerprint density at radius 2 is 1.83 bits per heavy atom. The highest BCUT2D eigenvalue weighted by Crippen LogP contribution is 2.36. The SMILES string of the molecule is COc1ccccc1-c1noc(C2COc3ccccc3O2)n1. The Morgan fingerprint density at radius 3 is 2.70 bits per heavy atom. The molecule has 0 saturated carbocycles. The lowest BCUT2D eigenvalue weighted by molar-refractivity contribution is 0.0665. The second kappa shape index (κ2) is 5.64. The number of ether oxygens (including phenoxy) is 3. The zero-order valence-electron chi connectivity index (χ0n) is 12.4. The van der Waals surface area contributed by atoms with Gasteiger partial charge in [0.15, 0.2) is 11.5 Å². The molecule has 23 heavy (non-hydrogen) atoms. The van der Waals surface area contributed by atoms with Crippen LogP contribution in [0.1, 0.15) is 12.0 Å². The predicted octanol–water partition coefficient (Wildman–Crippen LogP) is 3.26. The normalized spacial score (nSPS) is 16.1. The summed E-state index contributed by atoms with van der Waals surface area (Å²) in [5.41, 5.74) is 0.766. The van der Waals surface area contributed by atoms with Crippen molar-refractivity contribution in [1.29, 1.82) is 0 Å². The lowest BCUT2D eigenvalue weighted by Crippen LogP contribution is -2.21. The monoisotopic (exact) mass is 310 g/mol. The number of hydrogen-bond donors (Lipinski definition) is 0. The number of benzene rings is 2. The first-order valence-corrected chi connectivity index (χ1v) is 7.20. The molecule has 0 saturated heterocycles. The van der Waals surface area contributed by atoms with Crippen LogP contribution in [-0.2, 0) is 0 Å². The summed E-state index contributed by atoms with van der Waals surface area (Å²) in [6.07, 6.45) is -0.430. The summed E-state index contributed by atoms with van der Waals surface area (Å²) in [5.74, 6) is 2.90. The number of rotatable bonds is 3. The molecule has 1 unspecified atom stereocenters. The fourth-order valence-electron chi connectivity index (χ4n) is 2.45. The smallest absolute Gasteiger partial charge is 0.271 e. The van der Waals surface area contributed by atoms with E-state index in [4.69, 9.17) is 18.7 Å². The van der Waals surface area contributed by atoms with Gasteiger partial charge in [0, 0.05) is 0 Å². The minimum absolute atomic E-state index is 0.324. The molecular formula is C17H14N2O4. The fourth-order valence-corrected chi connectivity index (χ4v) is 2.45. The van der Waals surface area contributed by atoms with Gasteiger partial charge in [0.2, 0.25) is 11.9 Å². The number of hydrogen-bond acceptors (Lipinski definition) is 6. The Kier molecular flexibility index (Phi) is 3.34. The van der Waals surface area contributed by atoms with E-state index >= 15 is 0 Å². The Labute approximate surface area is 132 Å². The Balaban J connectivity index is 1.62. The lowest BCUT2D eigenvalue weighted by atomic mass is 10.2. The Hall–Kier alpha value is -3.02. The molecule has 0 aliphatic carbocycles. The molecule has 1 aromatic heterocycles. The molecule has 0 amide bonds. The van der Waals surface area contributed by atoms with Crippen molar-refractivity contribution in [3.8, 4) is 28.6 Å². The number of fused-ring (bicyclic) bond motifs is 1. The third kappa shape index (κ3) is 2.48. The van der Waals surface area contributed by atoms with Gasteiger partial charge in [0.1, 0.15) is 12.4 Å². The largest absolute Gasteiger partial charge is 0.496 e. The van der Waals surface area contributed by atoms with Crippen molar-refractivity contribution in [2.24, 2.45) is 0 Å². The minimum Gasteiger partial charge on any atom is -0.496 e. The summed E-state index contributed by atoms with van der Waals surface area (Å²) >= 11 is 0. The van der Waals surface area contributed by atoms with E-state index in [1.807, 2.05) is 48.5 Å². The van der Waals surface area contributed by atoms with E-state index in [1.165, 1.54) is 0 Å². The zero-order chi connectivity index (χ0) is 15.6. The van der Waals surface area contributed by atoms with E-state index in [-0.39, 0.29) is 0 Å². The summed E-state index contributed by atoms with van der Waals surface area (Å²) in [7, 11) is 1.61. The fraction of sp³-hybridized carbons (Fsp3) is 0.176. The minimum atomic E-state index is -0.430. The van der Waals surface area contributed by atoms with Crippen LogP contribution >= 0.6 is 0 Å². The molecule has 0 fully saturated rings. The van der Waals surface area contributed by atoms with E-state index in [2.05, 4.69) is 10.1 Å². The Morgan fingerprint density at radius 1 is 1.04 bits per heavy atom. The van der Waals surface area contributed by atoms with Gasteiger partial charge in [0.25, 0.3) is 5.89 Å². The highest BCUT2D eigenvalue weighted by Gasteiger charge is 2.28. The van der Waals surface area contributed by atoms with Gasteiger partial charge < -0.3 is 18.7 Å². The molecule has 0 radical (unpaired) electrons. The van der Waals surface area contributed by atoms with Crippen molar-refractivity contribution < 1.29 is 18.7 Å². The molecule has 1 atom stereocenters. The van der Waals surface area contributed by atoms with E-state index in [1.54, 1.807) is 7.11 Å². The van der Waals surface area contributed by atoms with Crippen molar-refractivity contribution in [1.82, 2.24) is 10.1 Å². The maximum absolute atomic E-state index is 5.87. The van der Waals surface area contributed by atoms with Gasteiger partial charge in [-0.15, -0.1) is 0 Å². The van der Waals surface area contributed by atoms with Crippen molar-refractivity contribution in [3.63, 3.8) is 0 Å². The standard InChI is InChI=1S/C17H14N2O4/c1-20-12-7-3-2-6-11(12)16-18-17(23-19-16)15-10-21-13-8-4-5-9-14(13)22-15/h2-9,15H,10H2,1H3. The highest BCUT2D eigenvalue weighted by atomic mass is 16.6. The molecule has 6 nitrogen and oxygen atoms in total. The van der Waals surface area contributed by atoms with Crippen molar-refractivity contribution in [2.45, 2.75) is 6.10 Å². The molecule has 0 bridgehead atoms. The van der Waals surface area contributed by atoms with Crippen LogP contribution in [0.4, 0.5) is 0 Å². The van der Waals surface area contributed by atoms with Crippen molar-refractivity contribution in [2.75, 3.05) is 13.7 Å². The van der Waals surface area contributed by atoms with Gasteiger partial charge >= 0.3 is 0 Å². The zero-order valence-corrected chi connectivity index (χ0v) is 12.4. The molecule has 0 spiro atoms. The van der Waals surface area contributed by atoms with Crippen LogP contribution < -0.4 is 14.2 Å². The van der Waals surface area contributed by atoms with Crippen molar-refractivity contribution >= 4 is 0 Å². The summed E-state index contributed by atoms with van der Waals surface area (Å²) in [4.78, 5) is 4.42.